The summed E-state index contributed by atoms with van der Waals surface area (Å²) in [5.74, 6) is 1.06. The quantitative estimate of drug-likeness (QED) is 0.226. The van der Waals surface area contributed by atoms with Gasteiger partial charge in [0.15, 0.2) is 29.7 Å². The number of nitrogens with zero attached hydrogens (tertiary/aromatic N) is 1. The maximum Gasteiger partial charge on any atom is 0.478 e. The van der Waals surface area contributed by atoms with Crippen molar-refractivity contribution in [2.75, 3.05) is 20.8 Å². The Labute approximate surface area is 234 Å². The summed E-state index contributed by atoms with van der Waals surface area (Å²) in [6.45, 7) is -5.99. The number of aliphatic hydroxyl groups is 1. The topological polar surface area (TPSA) is 148 Å². The fraction of sp³-hybridized carbons (Fsp3) is 0.333. The third kappa shape index (κ3) is 6.73. The van der Waals surface area contributed by atoms with Crippen molar-refractivity contribution < 1.29 is 50.3 Å². The Morgan fingerprint density at radius 1 is 1.02 bits per heavy atom. The van der Waals surface area contributed by atoms with E-state index in [1.165, 1.54) is 62.8 Å². The van der Waals surface area contributed by atoms with Crippen molar-refractivity contribution in [1.82, 2.24) is 9.55 Å². The Morgan fingerprint density at radius 3 is 2.12 bits per heavy atom. The molecule has 0 saturated carbocycles. The van der Waals surface area contributed by atoms with Crippen LogP contribution in [0.5, 0.6) is 23.0 Å². The minimum atomic E-state index is -4.59. The van der Waals surface area contributed by atoms with E-state index in [0.29, 0.717) is 16.1 Å². The molecular formula is C24H24F3N2O10PS. The average molecular weight is 620 g/mol. The summed E-state index contributed by atoms with van der Waals surface area (Å²) in [6, 6.07) is 12.5. The van der Waals surface area contributed by atoms with Crippen LogP contribution >= 0.6 is 18.5 Å². The third-order valence-electron chi connectivity index (χ3n) is 5.90. The maximum absolute atomic E-state index is 15.3. The van der Waals surface area contributed by atoms with E-state index in [-0.39, 0.29) is 23.2 Å². The molecule has 1 saturated heterocycles. The normalized spacial score (nSPS) is 23.6. The van der Waals surface area contributed by atoms with E-state index in [0.717, 1.165) is 12.3 Å². The Bertz CT molecular complexity index is 1490. The number of aromatic amines is 1. The number of halogens is 3. The highest BCUT2D eigenvalue weighted by atomic mass is 32.7. The van der Waals surface area contributed by atoms with Crippen LogP contribution in [-0.4, -0.2) is 59.8 Å². The summed E-state index contributed by atoms with van der Waals surface area (Å²) < 4.78 is 89.9. The summed E-state index contributed by atoms with van der Waals surface area (Å²) in [5.41, 5.74) is -5.15. The number of ether oxygens (including phenoxy) is 3. The molecule has 4 rings (SSSR count). The first kappa shape index (κ1) is 30.5. The summed E-state index contributed by atoms with van der Waals surface area (Å²) in [5, 5.41) is 10.4. The molecule has 2 aromatic carbocycles. The Balaban J connectivity index is 1.60. The molecule has 1 unspecified atom stereocenters. The zero-order valence-corrected chi connectivity index (χ0v) is 23.1. The largest absolute Gasteiger partial charge is 0.497 e. The van der Waals surface area contributed by atoms with Gasteiger partial charge in [0.25, 0.3) is 12.0 Å². The first-order valence-corrected chi connectivity index (χ1v) is 14.6. The van der Waals surface area contributed by atoms with E-state index < -0.39 is 55.2 Å². The number of alkyl halides is 3. The zero-order chi connectivity index (χ0) is 29.8. The molecule has 3 aromatic rings. The van der Waals surface area contributed by atoms with Gasteiger partial charge in [0.2, 0.25) is 0 Å². The molecule has 0 spiro atoms. The average Bonchev–Trinajstić information content (AvgIpc) is 3.22. The van der Waals surface area contributed by atoms with Gasteiger partial charge in [0.05, 0.1) is 20.8 Å². The Hall–Kier alpha value is -3.43. The maximum atomic E-state index is 15.3. The van der Waals surface area contributed by atoms with Crippen molar-refractivity contribution in [2.45, 2.75) is 30.5 Å². The minimum Gasteiger partial charge on any atom is -0.497 e. The second-order valence-electron chi connectivity index (χ2n) is 8.49. The number of nitrogens with one attached hydrogen (secondary N) is 1. The van der Waals surface area contributed by atoms with Gasteiger partial charge in [-0.05, 0) is 48.5 Å². The summed E-state index contributed by atoms with van der Waals surface area (Å²) in [7, 11) is 2.87. The highest BCUT2D eigenvalue weighted by Gasteiger charge is 2.63. The van der Waals surface area contributed by atoms with E-state index >= 15 is 4.39 Å². The smallest absolute Gasteiger partial charge is 0.478 e. The highest BCUT2D eigenvalue weighted by Crippen LogP contribution is 2.61. The van der Waals surface area contributed by atoms with E-state index in [4.69, 9.17) is 27.4 Å². The lowest BCUT2D eigenvalue weighted by atomic mass is 9.98. The van der Waals surface area contributed by atoms with Crippen LogP contribution in [0.15, 0.2) is 70.4 Å². The first-order chi connectivity index (χ1) is 19.5. The monoisotopic (exact) mass is 620 g/mol. The lowest BCUT2D eigenvalue weighted by Crippen LogP contribution is -2.50. The van der Waals surface area contributed by atoms with Crippen molar-refractivity contribution in [2.24, 2.45) is 0 Å². The van der Waals surface area contributed by atoms with Gasteiger partial charge in [0.1, 0.15) is 29.1 Å². The summed E-state index contributed by atoms with van der Waals surface area (Å²) >= 11 is 0.151. The Kier molecular flexibility index (Phi) is 9.39. The molecule has 1 fully saturated rings. The number of aliphatic hydroxyl groups excluding tert-OH is 1. The zero-order valence-electron chi connectivity index (χ0n) is 21.3. The fourth-order valence-electron chi connectivity index (χ4n) is 3.72. The standard InChI is InChI=1S/C24H24F3N2O10PS/c1-34-14-3-7-16(8-4-14)38-40(33,41-39-17-9-5-15(35-2)6-10-17)36-13-24(22(26)27)20(25)19(31)21(37-24)29-12-11-18(30)28-23(29)32/h3-12,19-22,31H,13H2,1-2H3,(H,28,30,32)/t19-,20+,21-,24-,40?/m1/s1. The van der Waals surface area contributed by atoms with Gasteiger partial charge in [-0.15, -0.1) is 0 Å². The predicted octanol–water partition coefficient (Wildman–Crippen LogP) is 3.72. The predicted molar refractivity (Wildman–Crippen MR) is 139 cm³/mol. The van der Waals surface area contributed by atoms with E-state index in [9.17, 15) is 28.0 Å². The molecule has 0 aliphatic carbocycles. The van der Waals surface area contributed by atoms with E-state index in [1.54, 1.807) is 0 Å². The molecule has 2 heterocycles. The van der Waals surface area contributed by atoms with Gasteiger partial charge in [-0.25, -0.2) is 22.5 Å². The lowest BCUT2D eigenvalue weighted by Gasteiger charge is -2.30. The molecule has 1 aliphatic heterocycles. The fourth-order valence-corrected chi connectivity index (χ4v) is 6.04. The molecule has 5 atom stereocenters. The van der Waals surface area contributed by atoms with Crippen molar-refractivity contribution >= 4 is 18.5 Å². The van der Waals surface area contributed by atoms with Crippen LogP contribution in [0.2, 0.25) is 0 Å². The number of benzene rings is 2. The third-order valence-corrected chi connectivity index (χ3v) is 8.54. The number of hydrogen-bond donors (Lipinski definition) is 2. The van der Waals surface area contributed by atoms with Crippen molar-refractivity contribution in [3.05, 3.63) is 81.6 Å². The van der Waals surface area contributed by atoms with E-state index in [1.807, 2.05) is 4.98 Å². The number of rotatable bonds is 12. The van der Waals surface area contributed by atoms with Crippen molar-refractivity contribution in [1.29, 1.82) is 0 Å². The van der Waals surface area contributed by atoms with Crippen LogP contribution in [0.25, 0.3) is 0 Å². The molecule has 0 amide bonds. The molecule has 2 N–H and O–H groups in total. The van der Waals surface area contributed by atoms with Crippen LogP contribution in [-0.2, 0) is 13.8 Å². The van der Waals surface area contributed by atoms with Crippen molar-refractivity contribution in [3.63, 3.8) is 0 Å². The van der Waals surface area contributed by atoms with Crippen LogP contribution in [0.4, 0.5) is 13.2 Å². The molecule has 17 heteroatoms. The van der Waals surface area contributed by atoms with Crippen LogP contribution in [0.3, 0.4) is 0 Å². The molecule has 0 radical (unpaired) electrons. The molecule has 1 aliphatic rings. The van der Waals surface area contributed by atoms with Gasteiger partial charge >= 0.3 is 12.5 Å². The molecule has 1 aromatic heterocycles. The number of aromatic nitrogens is 2. The second kappa shape index (κ2) is 12.6. The summed E-state index contributed by atoms with van der Waals surface area (Å²) in [6.07, 6.45) is -9.88. The summed E-state index contributed by atoms with van der Waals surface area (Å²) in [4.78, 5) is 25.4. The van der Waals surface area contributed by atoms with Crippen molar-refractivity contribution in [3.8, 4) is 23.0 Å². The minimum absolute atomic E-state index is 0.0343. The molecule has 41 heavy (non-hydrogen) atoms. The number of hydrogen-bond acceptors (Lipinski definition) is 11. The lowest BCUT2D eigenvalue weighted by molar-refractivity contribution is -0.182. The molecular weight excluding hydrogens is 596 g/mol. The van der Waals surface area contributed by atoms with Crippen LogP contribution in [0, 0.1) is 0 Å². The van der Waals surface area contributed by atoms with Gasteiger partial charge in [-0.3, -0.25) is 18.9 Å². The van der Waals surface area contributed by atoms with E-state index in [2.05, 4.69) is 0 Å². The molecule has 0 bridgehead atoms. The SMILES string of the molecule is COc1ccc(OSP(=O)(OC[C@@]2(C(F)F)O[C@@H](n3ccc(=O)[nH]c3=O)[C@H](O)[C@@H]2F)Oc2ccc(OC)cc2)cc1. The molecule has 12 nitrogen and oxygen atoms in total. The van der Waals surface area contributed by atoms with Gasteiger partial charge in [0, 0.05) is 12.3 Å². The highest BCUT2D eigenvalue weighted by molar-refractivity contribution is 8.52. The van der Waals surface area contributed by atoms with Gasteiger partial charge < -0.3 is 28.0 Å². The van der Waals surface area contributed by atoms with Crippen LogP contribution < -0.4 is 29.4 Å². The first-order valence-electron chi connectivity index (χ1n) is 11.7. The number of methoxy groups -OCH3 is 2. The van der Waals surface area contributed by atoms with Crippen LogP contribution in [0.1, 0.15) is 6.23 Å². The van der Waals surface area contributed by atoms with Gasteiger partial charge in [-0.2, -0.15) is 0 Å². The van der Waals surface area contributed by atoms with Gasteiger partial charge in [-0.1, -0.05) is 0 Å². The second-order valence-corrected chi connectivity index (χ2v) is 11.9. The Morgan fingerprint density at radius 2 is 1.59 bits per heavy atom. The number of H-pyrrole nitrogens is 1. The molecule has 222 valence electrons.